The highest BCUT2D eigenvalue weighted by Gasteiger charge is 2.36. The van der Waals surface area contributed by atoms with Crippen molar-refractivity contribution in [1.82, 2.24) is 9.62 Å². The predicted octanol–water partition coefficient (Wildman–Crippen LogP) is 1.11. The Morgan fingerprint density at radius 2 is 1.86 bits per heavy atom. The number of nitrogens with one attached hydrogen (secondary N) is 1. The maximum Gasteiger partial charge on any atom is 0.216 e. The number of rotatable bonds is 5. The molecule has 2 aliphatic rings. The van der Waals surface area contributed by atoms with Gasteiger partial charge in [0.05, 0.1) is 31.1 Å². The minimum atomic E-state index is -3.47. The molecule has 122 valence electrons. The summed E-state index contributed by atoms with van der Waals surface area (Å²) >= 11 is 0. The van der Waals surface area contributed by atoms with E-state index in [4.69, 9.17) is 4.74 Å². The molecule has 0 aliphatic carbocycles. The Morgan fingerprint density at radius 1 is 1.18 bits per heavy atom. The van der Waals surface area contributed by atoms with Crippen LogP contribution in [0.15, 0.2) is 24.3 Å². The van der Waals surface area contributed by atoms with Crippen LogP contribution < -0.4 is 4.72 Å². The lowest BCUT2D eigenvalue weighted by atomic mass is 10.1. The molecule has 0 aromatic heterocycles. The molecule has 7 heteroatoms. The molecule has 1 aromatic rings. The lowest BCUT2D eigenvalue weighted by Gasteiger charge is -2.27. The number of hydrogen-bond donors (Lipinski definition) is 1. The minimum absolute atomic E-state index is 0.116. The number of nitrogens with zero attached hydrogens (tertiary/aromatic N) is 1. The highest BCUT2D eigenvalue weighted by Crippen LogP contribution is 2.20. The first-order valence-electron chi connectivity index (χ1n) is 7.60. The summed E-state index contributed by atoms with van der Waals surface area (Å²) in [7, 11) is -3.47. The fourth-order valence-corrected chi connectivity index (χ4v) is 4.56. The summed E-state index contributed by atoms with van der Waals surface area (Å²) in [4.78, 5) is 2.30. The Balaban J connectivity index is 1.64. The quantitative estimate of drug-likeness (QED) is 0.880. The molecule has 2 saturated heterocycles. The van der Waals surface area contributed by atoms with Crippen LogP contribution in [0.1, 0.15) is 18.4 Å². The molecule has 1 N–H and O–H groups in total. The largest absolute Gasteiger partial charge is 0.378 e. The third-order valence-electron chi connectivity index (χ3n) is 4.26. The molecule has 22 heavy (non-hydrogen) atoms. The van der Waals surface area contributed by atoms with E-state index in [2.05, 4.69) is 9.62 Å². The zero-order valence-corrected chi connectivity index (χ0v) is 13.2. The van der Waals surface area contributed by atoms with Crippen molar-refractivity contribution in [2.24, 2.45) is 0 Å². The number of likely N-dealkylation sites (tertiary alicyclic amines) is 1. The summed E-state index contributed by atoms with van der Waals surface area (Å²) in [6.07, 6.45) is 2.32. The van der Waals surface area contributed by atoms with Crippen LogP contribution in [0.3, 0.4) is 0 Å². The topological polar surface area (TPSA) is 58.6 Å². The molecule has 2 aliphatic heterocycles. The van der Waals surface area contributed by atoms with Crippen LogP contribution in [-0.2, 0) is 20.5 Å². The fourth-order valence-electron chi connectivity index (χ4n) is 3.16. The van der Waals surface area contributed by atoms with Gasteiger partial charge in [0.1, 0.15) is 5.82 Å². The van der Waals surface area contributed by atoms with Crippen molar-refractivity contribution in [1.29, 1.82) is 0 Å². The Hall–Kier alpha value is -1.02. The van der Waals surface area contributed by atoms with Gasteiger partial charge in [-0.1, -0.05) is 12.1 Å². The van der Waals surface area contributed by atoms with Crippen LogP contribution >= 0.6 is 0 Å². The van der Waals surface area contributed by atoms with E-state index in [9.17, 15) is 12.8 Å². The lowest BCUT2D eigenvalue weighted by Crippen LogP contribution is -2.50. The van der Waals surface area contributed by atoms with E-state index in [1.54, 1.807) is 0 Å². The van der Waals surface area contributed by atoms with E-state index in [0.717, 1.165) is 25.9 Å². The van der Waals surface area contributed by atoms with Crippen molar-refractivity contribution in [3.63, 3.8) is 0 Å². The van der Waals surface area contributed by atoms with Gasteiger partial charge in [0.15, 0.2) is 0 Å². The summed E-state index contributed by atoms with van der Waals surface area (Å²) in [5, 5.41) is 0. The van der Waals surface area contributed by atoms with Gasteiger partial charge in [-0.25, -0.2) is 17.5 Å². The summed E-state index contributed by atoms with van der Waals surface area (Å²) in [5.74, 6) is -0.511. The molecule has 0 saturated carbocycles. The van der Waals surface area contributed by atoms with Gasteiger partial charge in [0.2, 0.25) is 10.0 Å². The molecule has 1 aromatic carbocycles. The van der Waals surface area contributed by atoms with Crippen molar-refractivity contribution >= 4 is 10.0 Å². The Bertz CT molecular complexity index is 600. The summed E-state index contributed by atoms with van der Waals surface area (Å²) in [6.45, 7) is 2.99. The minimum Gasteiger partial charge on any atom is -0.378 e. The Morgan fingerprint density at radius 3 is 2.55 bits per heavy atom. The fraction of sp³-hybridized carbons (Fsp3) is 0.600. The number of benzene rings is 1. The third-order valence-corrected chi connectivity index (χ3v) is 5.64. The van der Waals surface area contributed by atoms with Crippen LogP contribution in [0.4, 0.5) is 4.39 Å². The molecule has 0 amide bonds. The SMILES string of the molecule is O=S(=O)(Cc1ccc(F)cc1)NC1COCC1N1CCCC1. The van der Waals surface area contributed by atoms with Gasteiger partial charge in [-0.05, 0) is 43.6 Å². The highest BCUT2D eigenvalue weighted by atomic mass is 32.2. The van der Waals surface area contributed by atoms with E-state index in [1.807, 2.05) is 0 Å². The Labute approximate surface area is 130 Å². The summed E-state index contributed by atoms with van der Waals surface area (Å²) < 4.78 is 45.8. The molecule has 3 rings (SSSR count). The van der Waals surface area contributed by atoms with Gasteiger partial charge in [-0.2, -0.15) is 0 Å². The first-order valence-corrected chi connectivity index (χ1v) is 9.25. The third kappa shape index (κ3) is 3.84. The second kappa shape index (κ2) is 6.62. The summed E-state index contributed by atoms with van der Waals surface area (Å²) in [5.41, 5.74) is 0.575. The van der Waals surface area contributed by atoms with E-state index in [-0.39, 0.29) is 23.7 Å². The molecule has 2 atom stereocenters. The van der Waals surface area contributed by atoms with Gasteiger partial charge in [-0.3, -0.25) is 4.90 Å². The molecule has 0 radical (unpaired) electrons. The molecule has 0 bridgehead atoms. The first kappa shape index (κ1) is 15.9. The van der Waals surface area contributed by atoms with Crippen LogP contribution in [-0.4, -0.2) is 51.7 Å². The van der Waals surface area contributed by atoms with Crippen molar-refractivity contribution in [3.05, 3.63) is 35.6 Å². The van der Waals surface area contributed by atoms with Crippen molar-refractivity contribution in [2.75, 3.05) is 26.3 Å². The molecular formula is C15H21FN2O3S. The van der Waals surface area contributed by atoms with E-state index < -0.39 is 10.0 Å². The van der Waals surface area contributed by atoms with E-state index in [0.29, 0.717) is 18.8 Å². The van der Waals surface area contributed by atoms with Gasteiger partial charge >= 0.3 is 0 Å². The first-order chi connectivity index (χ1) is 10.5. The zero-order valence-electron chi connectivity index (χ0n) is 12.4. The van der Waals surface area contributed by atoms with Gasteiger partial charge in [0, 0.05) is 0 Å². The average Bonchev–Trinajstić information content (AvgIpc) is 3.11. The van der Waals surface area contributed by atoms with Crippen molar-refractivity contribution in [3.8, 4) is 0 Å². The lowest BCUT2D eigenvalue weighted by molar-refractivity contribution is 0.159. The average molecular weight is 328 g/mol. The van der Waals surface area contributed by atoms with Crippen molar-refractivity contribution in [2.45, 2.75) is 30.7 Å². The van der Waals surface area contributed by atoms with Crippen LogP contribution in [0.5, 0.6) is 0 Å². The van der Waals surface area contributed by atoms with E-state index >= 15 is 0 Å². The maximum atomic E-state index is 12.9. The molecule has 2 heterocycles. The second-order valence-electron chi connectivity index (χ2n) is 5.96. The number of halogens is 1. The van der Waals surface area contributed by atoms with Gasteiger partial charge in [0.25, 0.3) is 0 Å². The Kier molecular flexibility index (Phi) is 4.77. The molecule has 5 nitrogen and oxygen atoms in total. The maximum absolute atomic E-state index is 12.9. The van der Waals surface area contributed by atoms with Crippen LogP contribution in [0.2, 0.25) is 0 Å². The molecule has 2 unspecified atom stereocenters. The zero-order chi connectivity index (χ0) is 15.6. The second-order valence-corrected chi connectivity index (χ2v) is 7.71. The number of sulfonamides is 1. The molecule has 2 fully saturated rings. The van der Waals surface area contributed by atoms with E-state index in [1.165, 1.54) is 24.3 Å². The smallest absolute Gasteiger partial charge is 0.216 e. The van der Waals surface area contributed by atoms with Gasteiger partial charge < -0.3 is 4.74 Å². The van der Waals surface area contributed by atoms with Crippen LogP contribution in [0.25, 0.3) is 0 Å². The standard InChI is InChI=1S/C15H21FN2O3S/c16-13-5-3-12(4-6-13)11-22(19,20)17-14-9-21-10-15(14)18-7-1-2-8-18/h3-6,14-15,17H,1-2,7-11H2. The molecule has 0 spiro atoms. The number of hydrogen-bond acceptors (Lipinski definition) is 4. The summed E-state index contributed by atoms with van der Waals surface area (Å²) in [6, 6.07) is 5.46. The molecular weight excluding hydrogens is 307 g/mol. The predicted molar refractivity (Wildman–Crippen MR) is 81.4 cm³/mol. The number of ether oxygens (including phenoxy) is 1. The van der Waals surface area contributed by atoms with Crippen LogP contribution in [0, 0.1) is 5.82 Å². The van der Waals surface area contributed by atoms with Gasteiger partial charge in [-0.15, -0.1) is 0 Å². The normalized spacial score (nSPS) is 26.6. The monoisotopic (exact) mass is 328 g/mol. The highest BCUT2D eigenvalue weighted by molar-refractivity contribution is 7.88. The van der Waals surface area contributed by atoms with Crippen molar-refractivity contribution < 1.29 is 17.5 Å².